The maximum Gasteiger partial charge on any atom is 2.00 e. The SMILES string of the molecule is CC(O)C(=O)O.O.O=C(O)C(O)C(O)C(O)C(O)CO.[Ca+2].[Ca+2].[H-].[H-].[H-].[H-]. The molecular formula is C9H24Ca2O11. The van der Waals surface area contributed by atoms with Gasteiger partial charge in [0, 0.05) is 0 Å². The number of carboxylic acids is 2. The van der Waals surface area contributed by atoms with Gasteiger partial charge in [0.15, 0.2) is 6.10 Å². The average molecular weight is 388 g/mol. The van der Waals surface area contributed by atoms with Crippen LogP contribution >= 0.6 is 0 Å². The molecule has 0 rings (SSSR count). The summed E-state index contributed by atoms with van der Waals surface area (Å²) in [5, 5.41) is 67.6. The van der Waals surface area contributed by atoms with Crippen LogP contribution in [0.3, 0.4) is 0 Å². The zero-order valence-electron chi connectivity index (χ0n) is 15.9. The van der Waals surface area contributed by atoms with E-state index in [9.17, 15) is 9.59 Å². The molecule has 10 N–H and O–H groups in total. The minimum Gasteiger partial charge on any atom is -1.00 e. The van der Waals surface area contributed by atoms with Gasteiger partial charge in [-0.1, -0.05) is 0 Å². The second-order valence-electron chi connectivity index (χ2n) is 3.53. The first-order chi connectivity index (χ1) is 8.56. The van der Waals surface area contributed by atoms with Gasteiger partial charge >= 0.3 is 87.4 Å². The van der Waals surface area contributed by atoms with Crippen molar-refractivity contribution < 1.29 is 61.6 Å². The number of hydrogen-bond donors (Lipinski definition) is 8. The van der Waals surface area contributed by atoms with Gasteiger partial charge in [-0.05, 0) is 6.92 Å². The van der Waals surface area contributed by atoms with Crippen molar-refractivity contribution in [1.82, 2.24) is 0 Å². The van der Waals surface area contributed by atoms with Crippen LogP contribution in [-0.2, 0) is 9.59 Å². The van der Waals surface area contributed by atoms with E-state index < -0.39 is 49.1 Å². The molecule has 130 valence electrons. The molecule has 0 saturated heterocycles. The number of carbonyl (C=O) groups is 2. The molecule has 0 fully saturated rings. The summed E-state index contributed by atoms with van der Waals surface area (Å²) in [7, 11) is 0. The van der Waals surface area contributed by atoms with Crippen LogP contribution in [0.5, 0.6) is 0 Å². The Hall–Kier alpha value is 1.18. The maximum atomic E-state index is 10.1. The molecule has 0 aromatic rings. The molecule has 0 bridgehead atoms. The molecule has 0 aliphatic carbocycles. The quantitative estimate of drug-likeness (QED) is 0.202. The van der Waals surface area contributed by atoms with E-state index in [1.165, 1.54) is 6.92 Å². The molecule has 0 spiro atoms. The Labute approximate surface area is 191 Å². The third-order valence-corrected chi connectivity index (χ3v) is 1.87. The van der Waals surface area contributed by atoms with Gasteiger partial charge in [0.25, 0.3) is 0 Å². The van der Waals surface area contributed by atoms with Crippen molar-refractivity contribution in [2.75, 3.05) is 6.61 Å². The fourth-order valence-corrected chi connectivity index (χ4v) is 0.668. The predicted octanol–water partition coefficient (Wildman–Crippen LogP) is -5.18. The van der Waals surface area contributed by atoms with Crippen molar-refractivity contribution >= 4 is 87.4 Å². The maximum absolute atomic E-state index is 10.1. The predicted molar refractivity (Wildman–Crippen MR) is 77.6 cm³/mol. The van der Waals surface area contributed by atoms with Gasteiger partial charge in [-0.15, -0.1) is 0 Å². The van der Waals surface area contributed by atoms with Crippen LogP contribution < -0.4 is 0 Å². The third kappa shape index (κ3) is 16.1. The second kappa shape index (κ2) is 18.5. The van der Waals surface area contributed by atoms with E-state index in [2.05, 4.69) is 0 Å². The molecular weight excluding hydrogens is 364 g/mol. The Balaban J connectivity index is -0.0000000285. The summed E-state index contributed by atoms with van der Waals surface area (Å²) in [6, 6.07) is 0. The molecule has 0 saturated carbocycles. The van der Waals surface area contributed by atoms with Crippen molar-refractivity contribution in [3.63, 3.8) is 0 Å². The number of hydrogen-bond acceptors (Lipinski definition) is 8. The number of aliphatic hydroxyl groups excluding tert-OH is 6. The van der Waals surface area contributed by atoms with Crippen LogP contribution in [0.1, 0.15) is 12.6 Å². The first kappa shape index (κ1) is 34.5. The molecule has 0 heterocycles. The minimum absolute atomic E-state index is 0. The van der Waals surface area contributed by atoms with E-state index >= 15 is 0 Å². The van der Waals surface area contributed by atoms with Crippen molar-refractivity contribution in [1.29, 1.82) is 0 Å². The molecule has 0 amide bonds. The largest absolute Gasteiger partial charge is 2.00 e. The average Bonchev–Trinajstić information content (AvgIpc) is 2.35. The van der Waals surface area contributed by atoms with Gasteiger partial charge in [0.05, 0.1) is 6.61 Å². The summed E-state index contributed by atoms with van der Waals surface area (Å²) in [5.41, 5.74) is 0. The molecule has 0 aromatic heterocycles. The topological polar surface area (TPSA) is 227 Å². The summed E-state index contributed by atoms with van der Waals surface area (Å²) in [6.07, 6.45) is -9.07. The van der Waals surface area contributed by atoms with Crippen molar-refractivity contribution in [3.05, 3.63) is 0 Å². The Morgan fingerprint density at radius 3 is 1.41 bits per heavy atom. The van der Waals surface area contributed by atoms with Gasteiger partial charge in [-0.2, -0.15) is 0 Å². The second-order valence-corrected chi connectivity index (χ2v) is 3.53. The summed E-state index contributed by atoms with van der Waals surface area (Å²) in [5.74, 6) is -2.91. The van der Waals surface area contributed by atoms with Crippen LogP contribution in [0.15, 0.2) is 0 Å². The van der Waals surface area contributed by atoms with E-state index in [0.29, 0.717) is 0 Å². The molecule has 5 atom stereocenters. The molecule has 5 unspecified atom stereocenters. The summed E-state index contributed by atoms with van der Waals surface area (Å²) in [4.78, 5) is 19.5. The fourth-order valence-electron chi connectivity index (χ4n) is 0.668. The van der Waals surface area contributed by atoms with Gasteiger partial charge < -0.3 is 52.0 Å². The van der Waals surface area contributed by atoms with Gasteiger partial charge in [0.2, 0.25) is 0 Å². The molecule has 11 nitrogen and oxygen atoms in total. The Kier molecular flexibility index (Phi) is 29.0. The molecule has 0 aromatic carbocycles. The van der Waals surface area contributed by atoms with Crippen LogP contribution in [0.2, 0.25) is 0 Å². The normalized spacial score (nSPS) is 15.8. The number of aliphatic carboxylic acids is 2. The van der Waals surface area contributed by atoms with E-state index in [0.717, 1.165) is 0 Å². The summed E-state index contributed by atoms with van der Waals surface area (Å²) >= 11 is 0. The Bertz CT molecular complexity index is 305. The van der Waals surface area contributed by atoms with Gasteiger partial charge in [-0.3, -0.25) is 0 Å². The van der Waals surface area contributed by atoms with E-state index in [1.54, 1.807) is 0 Å². The number of aliphatic hydroxyl groups is 6. The Morgan fingerprint density at radius 1 is 0.909 bits per heavy atom. The van der Waals surface area contributed by atoms with Gasteiger partial charge in [0.1, 0.15) is 24.4 Å². The first-order valence-corrected chi connectivity index (χ1v) is 5.03. The molecule has 22 heavy (non-hydrogen) atoms. The minimum atomic E-state index is -2.20. The van der Waals surface area contributed by atoms with Crippen molar-refractivity contribution in [2.24, 2.45) is 0 Å². The van der Waals surface area contributed by atoms with E-state index in [1.807, 2.05) is 0 Å². The first-order valence-electron chi connectivity index (χ1n) is 5.03. The van der Waals surface area contributed by atoms with Crippen LogP contribution in [0.4, 0.5) is 0 Å². The summed E-state index contributed by atoms with van der Waals surface area (Å²) < 4.78 is 0. The summed E-state index contributed by atoms with van der Waals surface area (Å²) in [6.45, 7) is 0.354. The zero-order valence-corrected chi connectivity index (χ0v) is 16.3. The number of rotatable bonds is 6. The van der Waals surface area contributed by atoms with Gasteiger partial charge in [-0.25, -0.2) is 9.59 Å². The van der Waals surface area contributed by atoms with Crippen LogP contribution in [0, 0.1) is 0 Å². The fraction of sp³-hybridized carbons (Fsp3) is 0.778. The van der Waals surface area contributed by atoms with Crippen molar-refractivity contribution in [2.45, 2.75) is 37.4 Å². The Morgan fingerprint density at radius 2 is 1.23 bits per heavy atom. The van der Waals surface area contributed by atoms with Crippen molar-refractivity contribution in [3.8, 4) is 0 Å². The smallest absolute Gasteiger partial charge is 1.00 e. The molecule has 0 aliphatic rings. The number of carboxylic acid groups (broad SMARTS) is 2. The monoisotopic (exact) mass is 388 g/mol. The molecule has 0 radical (unpaired) electrons. The van der Waals surface area contributed by atoms with Crippen LogP contribution in [-0.4, -0.2) is 171 Å². The standard InChI is InChI=1S/C6H12O7.C3H6O3.2Ca.H2O.4H/c7-1-2(8)3(9)4(10)5(11)6(12)13;1-2(4)3(5)6;;;;;;;/h2-5,7-11H,1H2,(H,12,13);2,4H,1H3,(H,5,6);;;1H2;;;;/q;;2*+2;;4*-1. The van der Waals surface area contributed by atoms with Crippen LogP contribution in [0.25, 0.3) is 0 Å². The zero-order chi connectivity index (χ0) is 15.7. The molecule has 13 heteroatoms. The molecule has 0 aliphatic heterocycles. The van der Waals surface area contributed by atoms with E-state index in [4.69, 9.17) is 40.9 Å². The third-order valence-electron chi connectivity index (χ3n) is 1.87. The van der Waals surface area contributed by atoms with E-state index in [-0.39, 0.29) is 86.7 Å².